The van der Waals surface area contributed by atoms with Crippen molar-refractivity contribution in [2.75, 3.05) is 7.11 Å². The molecule has 1 rings (SSSR count). The Balaban J connectivity index is 2.81. The zero-order valence-electron chi connectivity index (χ0n) is 9.60. The predicted octanol–water partition coefficient (Wildman–Crippen LogP) is 1.63. The van der Waals surface area contributed by atoms with E-state index in [0.717, 1.165) is 12.1 Å². The Morgan fingerprint density at radius 3 is 2.16 bits per heavy atom. The first-order valence-corrected chi connectivity index (χ1v) is 6.23. The standard InChI is InChI=1S/C10H9F3O5S/c1-17-9(14)6-7-2-4-8(5-3-7)18-19(15,16)10(11,12)13/h2-5H,6H2,1H3. The fourth-order valence-electron chi connectivity index (χ4n) is 1.08. The summed E-state index contributed by atoms with van der Waals surface area (Å²) in [5, 5.41) is 0. The fraction of sp³-hybridized carbons (Fsp3) is 0.300. The van der Waals surface area contributed by atoms with E-state index >= 15 is 0 Å². The highest BCUT2D eigenvalue weighted by Crippen LogP contribution is 2.26. The van der Waals surface area contributed by atoms with Gasteiger partial charge in [-0.3, -0.25) is 4.79 Å². The third-order valence-corrected chi connectivity index (χ3v) is 2.97. The SMILES string of the molecule is COC(=O)Cc1ccc(OS(=O)(=O)C(F)(F)F)cc1. The number of benzene rings is 1. The van der Waals surface area contributed by atoms with Crippen LogP contribution in [0.3, 0.4) is 0 Å². The minimum absolute atomic E-state index is 0.0806. The van der Waals surface area contributed by atoms with Crippen LogP contribution in [0, 0.1) is 0 Å². The molecule has 1 aromatic carbocycles. The van der Waals surface area contributed by atoms with Gasteiger partial charge in [0.2, 0.25) is 0 Å². The van der Waals surface area contributed by atoms with E-state index in [1.807, 2.05) is 0 Å². The summed E-state index contributed by atoms with van der Waals surface area (Å²) in [6.07, 6.45) is -0.0806. The van der Waals surface area contributed by atoms with Crippen LogP contribution in [0.15, 0.2) is 24.3 Å². The summed E-state index contributed by atoms with van der Waals surface area (Å²) >= 11 is 0. The second-order valence-corrected chi connectivity index (χ2v) is 4.92. The molecule has 0 aliphatic carbocycles. The number of methoxy groups -OCH3 is 1. The Bertz CT molecular complexity index is 548. The minimum Gasteiger partial charge on any atom is -0.469 e. The number of hydrogen-bond donors (Lipinski definition) is 0. The molecule has 106 valence electrons. The van der Waals surface area contributed by atoms with Gasteiger partial charge in [-0.15, -0.1) is 0 Å². The molecule has 0 heterocycles. The van der Waals surface area contributed by atoms with E-state index in [1.165, 1.54) is 19.2 Å². The molecule has 0 saturated heterocycles. The van der Waals surface area contributed by atoms with Gasteiger partial charge in [0.05, 0.1) is 13.5 Å². The van der Waals surface area contributed by atoms with Crippen molar-refractivity contribution >= 4 is 16.1 Å². The second kappa shape index (κ2) is 5.47. The Morgan fingerprint density at radius 2 is 1.74 bits per heavy atom. The lowest BCUT2D eigenvalue weighted by molar-refractivity contribution is -0.139. The zero-order chi connectivity index (χ0) is 14.7. The molecule has 9 heteroatoms. The van der Waals surface area contributed by atoms with E-state index in [-0.39, 0.29) is 6.42 Å². The van der Waals surface area contributed by atoms with Crippen molar-refractivity contribution < 1.29 is 35.3 Å². The van der Waals surface area contributed by atoms with Gasteiger partial charge in [-0.05, 0) is 17.7 Å². The molecule has 0 spiro atoms. The van der Waals surface area contributed by atoms with Crippen LogP contribution in [0.1, 0.15) is 5.56 Å². The van der Waals surface area contributed by atoms with E-state index < -0.39 is 27.3 Å². The normalized spacial score (nSPS) is 12.0. The van der Waals surface area contributed by atoms with Crippen molar-refractivity contribution in [3.05, 3.63) is 29.8 Å². The molecule has 19 heavy (non-hydrogen) atoms. The maximum Gasteiger partial charge on any atom is 0.534 e. The lowest BCUT2D eigenvalue weighted by Crippen LogP contribution is -2.28. The summed E-state index contributed by atoms with van der Waals surface area (Å²) in [4.78, 5) is 10.9. The van der Waals surface area contributed by atoms with Crippen LogP contribution in [0.5, 0.6) is 5.75 Å². The summed E-state index contributed by atoms with van der Waals surface area (Å²) in [6, 6.07) is 4.55. The summed E-state index contributed by atoms with van der Waals surface area (Å²) < 4.78 is 65.8. The highest BCUT2D eigenvalue weighted by molar-refractivity contribution is 7.87. The highest BCUT2D eigenvalue weighted by atomic mass is 32.2. The molecule has 0 aromatic heterocycles. The molecule has 5 nitrogen and oxygen atoms in total. The van der Waals surface area contributed by atoms with E-state index in [9.17, 15) is 26.4 Å². The van der Waals surface area contributed by atoms with Gasteiger partial charge in [0, 0.05) is 0 Å². The van der Waals surface area contributed by atoms with Crippen molar-refractivity contribution in [1.29, 1.82) is 0 Å². The van der Waals surface area contributed by atoms with Gasteiger partial charge in [-0.25, -0.2) is 0 Å². The lowest BCUT2D eigenvalue weighted by Gasteiger charge is -2.09. The van der Waals surface area contributed by atoms with Gasteiger partial charge in [0.15, 0.2) is 0 Å². The molecule has 0 N–H and O–H groups in total. The molecule has 0 saturated carbocycles. The number of rotatable bonds is 4. The third kappa shape index (κ3) is 4.12. The van der Waals surface area contributed by atoms with Crippen LogP contribution >= 0.6 is 0 Å². The Hall–Kier alpha value is -1.77. The van der Waals surface area contributed by atoms with Gasteiger partial charge in [0.25, 0.3) is 0 Å². The molecule has 0 fully saturated rings. The number of alkyl halides is 3. The largest absolute Gasteiger partial charge is 0.534 e. The van der Waals surface area contributed by atoms with E-state index in [4.69, 9.17) is 0 Å². The van der Waals surface area contributed by atoms with E-state index in [1.54, 1.807) is 0 Å². The van der Waals surface area contributed by atoms with Crippen LogP contribution < -0.4 is 4.18 Å². The molecule has 0 aliphatic rings. The molecular weight excluding hydrogens is 289 g/mol. The molecule has 0 aliphatic heterocycles. The first kappa shape index (κ1) is 15.3. The van der Waals surface area contributed by atoms with Crippen molar-refractivity contribution in [2.45, 2.75) is 11.9 Å². The van der Waals surface area contributed by atoms with Gasteiger partial charge < -0.3 is 8.92 Å². The Kier molecular flexibility index (Phi) is 4.40. The average molecular weight is 298 g/mol. The van der Waals surface area contributed by atoms with Gasteiger partial charge in [0.1, 0.15) is 5.75 Å². The number of carbonyl (C=O) groups is 1. The molecule has 0 amide bonds. The summed E-state index contributed by atoms with van der Waals surface area (Å²) in [6.45, 7) is 0. The predicted molar refractivity (Wildman–Crippen MR) is 57.8 cm³/mol. The summed E-state index contributed by atoms with van der Waals surface area (Å²) in [5.41, 5.74) is -5.04. The number of esters is 1. The molecule has 0 unspecified atom stereocenters. The molecular formula is C10H9F3O5S. The van der Waals surface area contributed by atoms with Crippen LogP contribution in [-0.4, -0.2) is 27.0 Å². The smallest absolute Gasteiger partial charge is 0.469 e. The average Bonchev–Trinajstić information content (AvgIpc) is 2.29. The molecule has 0 radical (unpaired) electrons. The van der Waals surface area contributed by atoms with Gasteiger partial charge >= 0.3 is 21.6 Å². The Labute approximate surface area is 107 Å². The monoisotopic (exact) mass is 298 g/mol. The van der Waals surface area contributed by atoms with Crippen LogP contribution in [0.4, 0.5) is 13.2 Å². The van der Waals surface area contributed by atoms with E-state index in [0.29, 0.717) is 5.56 Å². The molecule has 0 bridgehead atoms. The van der Waals surface area contributed by atoms with Crippen molar-refractivity contribution in [3.63, 3.8) is 0 Å². The topological polar surface area (TPSA) is 69.7 Å². The summed E-state index contributed by atoms with van der Waals surface area (Å²) in [7, 11) is -4.49. The number of carbonyl (C=O) groups excluding carboxylic acids is 1. The third-order valence-electron chi connectivity index (χ3n) is 1.99. The second-order valence-electron chi connectivity index (χ2n) is 3.38. The zero-order valence-corrected chi connectivity index (χ0v) is 10.4. The molecule has 1 aromatic rings. The quantitative estimate of drug-likeness (QED) is 0.480. The van der Waals surface area contributed by atoms with Crippen molar-refractivity contribution in [2.24, 2.45) is 0 Å². The van der Waals surface area contributed by atoms with Gasteiger partial charge in [-0.2, -0.15) is 21.6 Å². The van der Waals surface area contributed by atoms with Crippen LogP contribution in [0.2, 0.25) is 0 Å². The van der Waals surface area contributed by atoms with Crippen molar-refractivity contribution in [3.8, 4) is 5.75 Å². The maximum absolute atomic E-state index is 12.0. The van der Waals surface area contributed by atoms with Gasteiger partial charge in [-0.1, -0.05) is 12.1 Å². The van der Waals surface area contributed by atoms with Crippen LogP contribution in [0.25, 0.3) is 0 Å². The maximum atomic E-state index is 12.0. The molecule has 0 atom stereocenters. The fourth-order valence-corrected chi connectivity index (χ4v) is 1.53. The van der Waals surface area contributed by atoms with E-state index in [2.05, 4.69) is 8.92 Å². The first-order chi connectivity index (χ1) is 8.65. The Morgan fingerprint density at radius 1 is 1.21 bits per heavy atom. The van der Waals surface area contributed by atoms with Crippen molar-refractivity contribution in [1.82, 2.24) is 0 Å². The summed E-state index contributed by atoms with van der Waals surface area (Å²) in [5.74, 6) is -1.03. The first-order valence-electron chi connectivity index (χ1n) is 4.82. The number of ether oxygens (including phenoxy) is 1. The number of hydrogen-bond acceptors (Lipinski definition) is 5. The highest BCUT2D eigenvalue weighted by Gasteiger charge is 2.48. The number of halogens is 3. The lowest BCUT2D eigenvalue weighted by atomic mass is 10.1. The van der Waals surface area contributed by atoms with Crippen LogP contribution in [-0.2, 0) is 26.1 Å². The minimum atomic E-state index is -5.68.